The smallest absolute Gasteiger partial charge is 0.295 e. The molecular formula is C13H12ClFN2O2. The molecule has 1 heterocycles. The lowest BCUT2D eigenvalue weighted by molar-refractivity contribution is 0.468. The molecule has 2 aromatic rings. The molecule has 1 atom stereocenters. The topological polar surface area (TPSA) is 54.9 Å². The third-order valence-corrected chi connectivity index (χ3v) is 3.11. The zero-order chi connectivity index (χ0) is 14.0. The minimum Gasteiger partial charge on any atom is -0.295 e. The molecule has 1 N–H and O–H groups in total. The quantitative estimate of drug-likeness (QED) is 0.877. The molecular weight excluding hydrogens is 271 g/mol. The Hall–Kier alpha value is -1.88. The van der Waals surface area contributed by atoms with Gasteiger partial charge in [-0.05, 0) is 18.9 Å². The van der Waals surface area contributed by atoms with Gasteiger partial charge in [0.15, 0.2) is 5.15 Å². The summed E-state index contributed by atoms with van der Waals surface area (Å²) in [5.41, 5.74) is -0.756. The molecule has 1 aromatic carbocycles. The van der Waals surface area contributed by atoms with Gasteiger partial charge in [0.25, 0.3) is 5.56 Å². The number of hydrogen-bond acceptors (Lipinski definition) is 2. The number of hydrogen-bond donors (Lipinski definition) is 1. The van der Waals surface area contributed by atoms with E-state index in [0.29, 0.717) is 6.42 Å². The first-order valence-corrected chi connectivity index (χ1v) is 6.12. The van der Waals surface area contributed by atoms with Gasteiger partial charge in [-0.3, -0.25) is 14.3 Å². The molecule has 0 bridgehead atoms. The van der Waals surface area contributed by atoms with Gasteiger partial charge < -0.3 is 0 Å². The van der Waals surface area contributed by atoms with Crippen LogP contribution in [0, 0.1) is 5.82 Å². The highest BCUT2D eigenvalue weighted by Crippen LogP contribution is 2.11. The Morgan fingerprint density at radius 3 is 2.58 bits per heavy atom. The summed E-state index contributed by atoms with van der Waals surface area (Å²) in [6, 6.07) is 8.87. The second-order valence-electron chi connectivity index (χ2n) is 4.27. The number of halogens is 2. The van der Waals surface area contributed by atoms with Crippen LogP contribution in [0.3, 0.4) is 0 Å². The average Bonchev–Trinajstić information content (AvgIpc) is 2.37. The molecule has 0 aliphatic carbocycles. The maximum absolute atomic E-state index is 13.4. The van der Waals surface area contributed by atoms with Crippen LogP contribution in [0.4, 0.5) is 4.39 Å². The maximum atomic E-state index is 13.4. The summed E-state index contributed by atoms with van der Waals surface area (Å²) in [6.07, 6.45) is 0.449. The van der Waals surface area contributed by atoms with Gasteiger partial charge in [-0.25, -0.2) is 4.79 Å². The highest BCUT2D eigenvalue weighted by molar-refractivity contribution is 6.29. The Bertz CT molecular complexity index is 694. The van der Waals surface area contributed by atoms with Gasteiger partial charge in [-0.2, -0.15) is 4.39 Å². The molecule has 0 aliphatic rings. The van der Waals surface area contributed by atoms with Crippen molar-refractivity contribution in [3.05, 3.63) is 67.7 Å². The lowest BCUT2D eigenvalue weighted by Gasteiger charge is -2.14. The van der Waals surface area contributed by atoms with E-state index in [9.17, 15) is 14.0 Å². The molecule has 0 saturated carbocycles. The Morgan fingerprint density at radius 2 is 1.95 bits per heavy atom. The highest BCUT2D eigenvalue weighted by Gasteiger charge is 2.17. The van der Waals surface area contributed by atoms with Gasteiger partial charge in [0.05, 0.1) is 0 Å². The van der Waals surface area contributed by atoms with Gasteiger partial charge in [0, 0.05) is 6.04 Å². The van der Waals surface area contributed by atoms with Crippen LogP contribution < -0.4 is 11.2 Å². The Balaban J connectivity index is 2.40. The van der Waals surface area contributed by atoms with E-state index in [-0.39, 0.29) is 0 Å². The first-order valence-electron chi connectivity index (χ1n) is 5.74. The zero-order valence-corrected chi connectivity index (χ0v) is 10.9. The predicted molar refractivity (Wildman–Crippen MR) is 71.1 cm³/mol. The normalized spacial score (nSPS) is 12.4. The highest BCUT2D eigenvalue weighted by atomic mass is 35.5. The van der Waals surface area contributed by atoms with Crippen LogP contribution in [0.1, 0.15) is 18.5 Å². The molecule has 2 rings (SSSR count). The second-order valence-corrected chi connectivity index (χ2v) is 4.65. The molecule has 1 unspecified atom stereocenters. The third kappa shape index (κ3) is 2.76. The Labute approximate surface area is 113 Å². The molecule has 0 aliphatic heterocycles. The van der Waals surface area contributed by atoms with E-state index in [1.165, 1.54) is 0 Å². The number of aromatic amines is 1. The molecule has 1 aromatic heterocycles. The van der Waals surface area contributed by atoms with Gasteiger partial charge in [-0.1, -0.05) is 41.9 Å². The maximum Gasteiger partial charge on any atom is 0.329 e. The van der Waals surface area contributed by atoms with Crippen LogP contribution in [0.5, 0.6) is 0 Å². The number of aromatic nitrogens is 2. The van der Waals surface area contributed by atoms with Crippen LogP contribution in [0.25, 0.3) is 0 Å². The summed E-state index contributed by atoms with van der Waals surface area (Å²) >= 11 is 5.41. The molecule has 0 fully saturated rings. The fraction of sp³-hybridized carbons (Fsp3) is 0.231. The summed E-state index contributed by atoms with van der Waals surface area (Å²) in [5, 5.41) is -0.557. The SMILES string of the molecule is CC(Cc1ccccc1)n1c(=O)[nH]c(Cl)c(F)c1=O. The Kier molecular flexibility index (Phi) is 3.85. The summed E-state index contributed by atoms with van der Waals surface area (Å²) < 4.78 is 14.3. The predicted octanol–water partition coefficient (Wildman–Crippen LogP) is 2.13. The van der Waals surface area contributed by atoms with E-state index in [4.69, 9.17) is 11.6 Å². The van der Waals surface area contributed by atoms with E-state index in [2.05, 4.69) is 4.98 Å². The first kappa shape index (κ1) is 13.5. The number of rotatable bonds is 3. The summed E-state index contributed by atoms with van der Waals surface area (Å²) in [5.74, 6) is -1.14. The zero-order valence-electron chi connectivity index (χ0n) is 10.2. The Morgan fingerprint density at radius 1 is 1.32 bits per heavy atom. The van der Waals surface area contributed by atoms with Crippen molar-refractivity contribution in [3.8, 4) is 0 Å². The monoisotopic (exact) mass is 282 g/mol. The summed E-state index contributed by atoms with van der Waals surface area (Å²) in [7, 11) is 0. The van der Waals surface area contributed by atoms with E-state index in [1.54, 1.807) is 6.92 Å². The van der Waals surface area contributed by atoms with Crippen LogP contribution >= 0.6 is 11.6 Å². The number of nitrogens with zero attached hydrogens (tertiary/aromatic N) is 1. The van der Waals surface area contributed by atoms with E-state index in [1.807, 2.05) is 30.3 Å². The molecule has 0 spiro atoms. The van der Waals surface area contributed by atoms with Crippen molar-refractivity contribution in [2.75, 3.05) is 0 Å². The molecule has 19 heavy (non-hydrogen) atoms. The number of nitrogens with one attached hydrogen (secondary N) is 1. The van der Waals surface area contributed by atoms with Crippen molar-refractivity contribution in [3.63, 3.8) is 0 Å². The van der Waals surface area contributed by atoms with Crippen molar-refractivity contribution in [1.29, 1.82) is 0 Å². The molecule has 0 amide bonds. The van der Waals surface area contributed by atoms with Crippen LogP contribution in [-0.2, 0) is 6.42 Å². The van der Waals surface area contributed by atoms with Crippen molar-refractivity contribution in [2.24, 2.45) is 0 Å². The molecule has 4 nitrogen and oxygen atoms in total. The van der Waals surface area contributed by atoms with Crippen LogP contribution in [-0.4, -0.2) is 9.55 Å². The fourth-order valence-electron chi connectivity index (χ4n) is 1.95. The fourth-order valence-corrected chi connectivity index (χ4v) is 2.11. The number of benzene rings is 1. The largest absolute Gasteiger partial charge is 0.329 e. The van der Waals surface area contributed by atoms with E-state index >= 15 is 0 Å². The first-order chi connectivity index (χ1) is 9.00. The standard InChI is InChI=1S/C13H12ClFN2O2/c1-8(7-9-5-3-2-4-6-9)17-12(18)10(15)11(14)16-13(17)19/h2-6,8H,7H2,1H3,(H,16,19). The summed E-state index contributed by atoms with van der Waals surface area (Å²) in [4.78, 5) is 25.5. The minimum atomic E-state index is -1.14. The van der Waals surface area contributed by atoms with Gasteiger partial charge in [0.1, 0.15) is 0 Å². The summed E-state index contributed by atoms with van der Waals surface area (Å²) in [6.45, 7) is 1.68. The molecule has 0 radical (unpaired) electrons. The van der Waals surface area contributed by atoms with Crippen molar-refractivity contribution in [1.82, 2.24) is 9.55 Å². The average molecular weight is 283 g/mol. The lowest BCUT2D eigenvalue weighted by Crippen LogP contribution is -2.39. The van der Waals surface area contributed by atoms with Crippen LogP contribution in [0.15, 0.2) is 39.9 Å². The lowest BCUT2D eigenvalue weighted by atomic mass is 10.1. The molecule has 6 heteroatoms. The third-order valence-electron chi connectivity index (χ3n) is 2.85. The van der Waals surface area contributed by atoms with Gasteiger partial charge >= 0.3 is 5.69 Å². The van der Waals surface area contributed by atoms with E-state index < -0.39 is 28.3 Å². The van der Waals surface area contributed by atoms with Crippen molar-refractivity contribution < 1.29 is 4.39 Å². The van der Waals surface area contributed by atoms with Crippen molar-refractivity contribution in [2.45, 2.75) is 19.4 Å². The number of H-pyrrole nitrogens is 1. The molecule has 100 valence electrons. The van der Waals surface area contributed by atoms with Gasteiger partial charge in [-0.15, -0.1) is 0 Å². The van der Waals surface area contributed by atoms with Crippen LogP contribution in [0.2, 0.25) is 5.15 Å². The molecule has 0 saturated heterocycles. The van der Waals surface area contributed by atoms with Gasteiger partial charge in [0.2, 0.25) is 5.82 Å². The van der Waals surface area contributed by atoms with Crippen molar-refractivity contribution >= 4 is 11.6 Å². The second kappa shape index (κ2) is 5.40. The van der Waals surface area contributed by atoms with E-state index in [0.717, 1.165) is 10.1 Å². The minimum absolute atomic E-state index is 0.449.